The Hall–Kier alpha value is -1.62. The van der Waals surface area contributed by atoms with Gasteiger partial charge in [0.15, 0.2) is 0 Å². The van der Waals surface area contributed by atoms with E-state index in [2.05, 4.69) is 6.92 Å². The van der Waals surface area contributed by atoms with Gasteiger partial charge in [-0.25, -0.2) is 4.79 Å². The summed E-state index contributed by atoms with van der Waals surface area (Å²) in [5, 5.41) is 1.14. The highest BCUT2D eigenvalue weighted by molar-refractivity contribution is 7.80. The minimum absolute atomic E-state index is 0.000511. The number of nitrogens with zero attached hydrogens (tertiary/aromatic N) is 1. The van der Waals surface area contributed by atoms with E-state index in [4.69, 9.17) is 22.8 Å². The molecule has 4 nitrogen and oxygen atoms in total. The molecule has 0 unspecified atom stereocenters. The molecule has 0 aliphatic carbocycles. The summed E-state index contributed by atoms with van der Waals surface area (Å²) in [7, 11) is 0. The van der Waals surface area contributed by atoms with Crippen LogP contribution in [0.15, 0.2) is 24.3 Å². The molecule has 0 aliphatic rings. The molecule has 2 N–H and O–H groups in total. The van der Waals surface area contributed by atoms with E-state index in [1.54, 1.807) is 12.1 Å². The molecule has 0 atom stereocenters. The number of carbonyl (C=O) groups excluding carboxylic acids is 1. The van der Waals surface area contributed by atoms with Gasteiger partial charge in [-0.05, 0) is 36.3 Å². The highest BCUT2D eigenvalue weighted by Gasteiger charge is 2.12. The second-order valence-corrected chi connectivity index (χ2v) is 3.65. The molecule has 0 amide bonds. The van der Waals surface area contributed by atoms with Gasteiger partial charge in [0.1, 0.15) is 0 Å². The topological polar surface area (TPSA) is 55.6 Å². The van der Waals surface area contributed by atoms with E-state index in [9.17, 15) is 4.79 Å². The molecule has 0 aliphatic heterocycles. The average Bonchev–Trinajstić information content (AvgIpc) is 2.25. The molecule has 0 radical (unpaired) electrons. The Morgan fingerprint density at radius 3 is 2.38 bits per heavy atom. The van der Waals surface area contributed by atoms with E-state index < -0.39 is 5.97 Å². The molecule has 16 heavy (non-hydrogen) atoms. The van der Waals surface area contributed by atoms with Crippen LogP contribution in [0.1, 0.15) is 19.4 Å². The summed E-state index contributed by atoms with van der Waals surface area (Å²) in [6, 6.07) is 7.48. The van der Waals surface area contributed by atoms with E-state index in [0.29, 0.717) is 5.69 Å². The van der Waals surface area contributed by atoms with Crippen molar-refractivity contribution in [3.63, 3.8) is 0 Å². The highest BCUT2D eigenvalue weighted by atomic mass is 32.1. The summed E-state index contributed by atoms with van der Waals surface area (Å²) < 4.78 is 0. The maximum Gasteiger partial charge on any atom is 0.329 e. The van der Waals surface area contributed by atoms with Crippen LogP contribution in [0, 0.1) is 0 Å². The van der Waals surface area contributed by atoms with Gasteiger partial charge in [-0.2, -0.15) is 0 Å². The van der Waals surface area contributed by atoms with Crippen molar-refractivity contribution in [2.75, 3.05) is 5.06 Å². The molecule has 1 aromatic carbocycles. The molecule has 0 saturated carbocycles. The van der Waals surface area contributed by atoms with Gasteiger partial charge in [0, 0.05) is 6.92 Å². The molecule has 1 rings (SSSR count). The summed E-state index contributed by atoms with van der Waals surface area (Å²) in [4.78, 5) is 15.8. The number of hydrogen-bond acceptors (Lipinski definition) is 3. The van der Waals surface area contributed by atoms with Crippen molar-refractivity contribution < 1.29 is 9.63 Å². The van der Waals surface area contributed by atoms with Crippen molar-refractivity contribution in [1.82, 2.24) is 0 Å². The lowest BCUT2D eigenvalue weighted by Gasteiger charge is -2.20. The number of benzene rings is 1. The first-order valence-electron chi connectivity index (χ1n) is 4.91. The normalized spacial score (nSPS) is 9.62. The zero-order valence-electron chi connectivity index (χ0n) is 9.27. The minimum atomic E-state index is -0.465. The van der Waals surface area contributed by atoms with Crippen LogP contribution in [0.4, 0.5) is 5.69 Å². The van der Waals surface area contributed by atoms with Gasteiger partial charge in [0.2, 0.25) is 5.11 Å². The summed E-state index contributed by atoms with van der Waals surface area (Å²) in [5.74, 6) is -0.465. The molecule has 0 fully saturated rings. The van der Waals surface area contributed by atoms with E-state index in [0.717, 1.165) is 11.5 Å². The van der Waals surface area contributed by atoms with Crippen molar-refractivity contribution >= 4 is 29.0 Å². The van der Waals surface area contributed by atoms with Gasteiger partial charge in [0.05, 0.1) is 5.69 Å². The third-order valence-corrected chi connectivity index (χ3v) is 2.16. The van der Waals surface area contributed by atoms with Crippen LogP contribution in [0.25, 0.3) is 0 Å². The third-order valence-electron chi connectivity index (χ3n) is 2.00. The van der Waals surface area contributed by atoms with Gasteiger partial charge < -0.3 is 10.6 Å². The van der Waals surface area contributed by atoms with E-state index in [-0.39, 0.29) is 5.11 Å². The fourth-order valence-corrected chi connectivity index (χ4v) is 1.36. The summed E-state index contributed by atoms with van der Waals surface area (Å²) in [6.45, 7) is 3.36. The number of thiocarbonyl (C=S) groups is 1. The smallest absolute Gasteiger partial charge is 0.329 e. The first-order chi connectivity index (χ1) is 7.54. The number of aryl methyl sites for hydroxylation is 1. The quantitative estimate of drug-likeness (QED) is 0.628. The van der Waals surface area contributed by atoms with Crippen LogP contribution in [-0.4, -0.2) is 11.1 Å². The van der Waals surface area contributed by atoms with E-state index >= 15 is 0 Å². The maximum atomic E-state index is 10.9. The van der Waals surface area contributed by atoms with E-state index in [1.165, 1.54) is 12.5 Å². The van der Waals surface area contributed by atoms with Gasteiger partial charge in [-0.1, -0.05) is 19.1 Å². The molecule has 0 saturated heterocycles. The number of rotatable bonds is 2. The number of nitrogens with two attached hydrogens (primary N) is 1. The zero-order chi connectivity index (χ0) is 12.1. The molecule has 0 aromatic heterocycles. The minimum Gasteiger partial charge on any atom is -0.373 e. The first kappa shape index (κ1) is 12.4. The maximum absolute atomic E-state index is 10.9. The largest absolute Gasteiger partial charge is 0.373 e. The molecule has 0 heterocycles. The Bertz CT molecular complexity index is 389. The zero-order valence-corrected chi connectivity index (χ0v) is 10.1. The number of carbonyl (C=O) groups is 1. The molecule has 0 spiro atoms. The molecule has 0 bridgehead atoms. The number of anilines is 1. The number of hydroxylamine groups is 1. The van der Waals surface area contributed by atoms with Crippen LogP contribution in [-0.2, 0) is 16.1 Å². The van der Waals surface area contributed by atoms with Crippen molar-refractivity contribution in [2.45, 2.75) is 20.3 Å². The van der Waals surface area contributed by atoms with Crippen molar-refractivity contribution in [3.05, 3.63) is 29.8 Å². The summed E-state index contributed by atoms with van der Waals surface area (Å²) in [6.07, 6.45) is 0.945. The molecular weight excluding hydrogens is 224 g/mol. The van der Waals surface area contributed by atoms with Crippen LogP contribution in [0.2, 0.25) is 0 Å². The van der Waals surface area contributed by atoms with Crippen LogP contribution >= 0.6 is 12.2 Å². The second kappa shape index (κ2) is 5.46. The van der Waals surface area contributed by atoms with Gasteiger partial charge in [-0.15, -0.1) is 5.06 Å². The fraction of sp³-hybridized carbons (Fsp3) is 0.273. The fourth-order valence-electron chi connectivity index (χ4n) is 1.22. The first-order valence-corrected chi connectivity index (χ1v) is 5.32. The molecule has 5 heteroatoms. The third kappa shape index (κ3) is 3.20. The average molecular weight is 238 g/mol. The van der Waals surface area contributed by atoms with Crippen molar-refractivity contribution in [3.8, 4) is 0 Å². The Kier molecular flexibility index (Phi) is 4.25. The second-order valence-electron chi connectivity index (χ2n) is 3.24. The monoisotopic (exact) mass is 238 g/mol. The Labute approximate surface area is 99.9 Å². The van der Waals surface area contributed by atoms with Crippen molar-refractivity contribution in [2.24, 2.45) is 5.73 Å². The lowest BCUT2D eigenvalue weighted by atomic mass is 10.1. The molecular formula is C11H14N2O2S. The lowest BCUT2D eigenvalue weighted by Crippen LogP contribution is -2.36. The standard InChI is InChI=1S/C11H14N2O2S/c1-3-9-4-6-10(7-5-9)13(11(12)16)15-8(2)14/h4-7H,3H2,1-2H3,(H2,12,16). The van der Waals surface area contributed by atoms with Crippen LogP contribution < -0.4 is 10.8 Å². The molecule has 86 valence electrons. The number of hydrogen-bond donors (Lipinski definition) is 1. The Balaban J connectivity index is 2.92. The van der Waals surface area contributed by atoms with Crippen molar-refractivity contribution in [1.29, 1.82) is 0 Å². The molecule has 1 aromatic rings. The van der Waals surface area contributed by atoms with Crippen LogP contribution in [0.3, 0.4) is 0 Å². The lowest BCUT2D eigenvalue weighted by molar-refractivity contribution is -0.140. The summed E-state index contributed by atoms with van der Waals surface area (Å²) >= 11 is 4.81. The predicted octanol–water partition coefficient (Wildman–Crippen LogP) is 1.78. The highest BCUT2D eigenvalue weighted by Crippen LogP contribution is 2.16. The Morgan fingerprint density at radius 1 is 1.44 bits per heavy atom. The predicted molar refractivity (Wildman–Crippen MR) is 66.9 cm³/mol. The van der Waals surface area contributed by atoms with E-state index in [1.807, 2.05) is 12.1 Å². The SMILES string of the molecule is CCc1ccc(N(OC(C)=O)C(N)=S)cc1. The van der Waals surface area contributed by atoms with Crippen LogP contribution in [0.5, 0.6) is 0 Å². The summed E-state index contributed by atoms with van der Waals surface area (Å²) in [5.41, 5.74) is 7.30. The Morgan fingerprint density at radius 2 is 2.00 bits per heavy atom. The van der Waals surface area contributed by atoms with Gasteiger partial charge in [0.25, 0.3) is 0 Å². The van der Waals surface area contributed by atoms with Gasteiger partial charge in [-0.3, -0.25) is 0 Å². The van der Waals surface area contributed by atoms with Gasteiger partial charge >= 0.3 is 5.97 Å².